The number of anilines is 1. The van der Waals surface area contributed by atoms with Gasteiger partial charge in [-0.1, -0.05) is 91.0 Å². The lowest BCUT2D eigenvalue weighted by Gasteiger charge is -2.35. The van der Waals surface area contributed by atoms with Gasteiger partial charge in [-0.2, -0.15) is 0 Å². The highest BCUT2D eigenvalue weighted by Gasteiger charge is 2.32. The summed E-state index contributed by atoms with van der Waals surface area (Å²) in [5.74, 6) is 1.76. The molecule has 2 aliphatic rings. The predicted octanol–water partition coefficient (Wildman–Crippen LogP) is 8.28. The SMILES string of the molecule is C=C1CCN(c2ccc(C3c4ccc(OCc5ccccc5)cc4CC[C@@H]3c3ccccc3)cc2)CC1. The number of piperidine rings is 1. The van der Waals surface area contributed by atoms with Crippen LogP contribution in [0, 0.1) is 0 Å². The summed E-state index contributed by atoms with van der Waals surface area (Å²) < 4.78 is 6.19. The first-order valence-electron chi connectivity index (χ1n) is 13.6. The van der Waals surface area contributed by atoms with Crippen molar-refractivity contribution in [1.29, 1.82) is 0 Å². The highest BCUT2D eigenvalue weighted by Crippen LogP contribution is 2.47. The van der Waals surface area contributed by atoms with Gasteiger partial charge in [0.15, 0.2) is 0 Å². The fourth-order valence-corrected chi connectivity index (χ4v) is 6.07. The fraction of sp³-hybridized carbons (Fsp3) is 0.257. The van der Waals surface area contributed by atoms with Gasteiger partial charge in [-0.15, -0.1) is 0 Å². The van der Waals surface area contributed by atoms with Crippen LogP contribution in [0.5, 0.6) is 5.75 Å². The molecule has 2 nitrogen and oxygen atoms in total. The second-order valence-corrected chi connectivity index (χ2v) is 10.5. The first-order valence-corrected chi connectivity index (χ1v) is 13.6. The highest BCUT2D eigenvalue weighted by atomic mass is 16.5. The number of aryl methyl sites for hydroxylation is 1. The molecular formula is C35H35NO. The van der Waals surface area contributed by atoms with E-state index >= 15 is 0 Å². The minimum absolute atomic E-state index is 0.338. The Morgan fingerprint density at radius 1 is 0.730 bits per heavy atom. The minimum Gasteiger partial charge on any atom is -0.489 e. The number of fused-ring (bicyclic) bond motifs is 1. The third kappa shape index (κ3) is 5.20. The molecule has 2 atom stereocenters. The Kier molecular flexibility index (Phi) is 6.82. The minimum atomic E-state index is 0.338. The maximum atomic E-state index is 6.19. The Morgan fingerprint density at radius 2 is 1.43 bits per heavy atom. The van der Waals surface area contributed by atoms with Crippen molar-refractivity contribution in [3.05, 3.63) is 143 Å². The van der Waals surface area contributed by atoms with E-state index in [9.17, 15) is 0 Å². The number of rotatable bonds is 6. The standard InChI is InChI=1S/C35H35NO/c1-26-20-22-36(23-21-26)31-15-12-29(13-16-31)35-33(28-10-6-3-7-11-28)18-14-30-24-32(17-19-34(30)35)37-25-27-8-4-2-5-9-27/h2-13,15-17,19,24,33,35H,1,14,18,20-23,25H2/t33-,35?/m1/s1. The maximum absolute atomic E-state index is 6.19. The van der Waals surface area contributed by atoms with Crippen molar-refractivity contribution in [2.45, 2.75) is 44.1 Å². The summed E-state index contributed by atoms with van der Waals surface area (Å²) in [6.07, 6.45) is 4.41. The van der Waals surface area contributed by atoms with E-state index < -0.39 is 0 Å². The van der Waals surface area contributed by atoms with Crippen LogP contribution in [0.25, 0.3) is 0 Å². The molecule has 0 saturated carbocycles. The van der Waals surface area contributed by atoms with Crippen LogP contribution in [0.4, 0.5) is 5.69 Å². The van der Waals surface area contributed by atoms with Crippen molar-refractivity contribution in [3.63, 3.8) is 0 Å². The Morgan fingerprint density at radius 3 is 2.16 bits per heavy atom. The number of ether oxygens (including phenoxy) is 1. The first kappa shape index (κ1) is 23.6. The molecule has 0 spiro atoms. The molecule has 4 aromatic rings. The average Bonchev–Trinajstić information content (AvgIpc) is 2.97. The normalized spacial score (nSPS) is 19.4. The van der Waals surface area contributed by atoms with Gasteiger partial charge in [0.25, 0.3) is 0 Å². The maximum Gasteiger partial charge on any atom is 0.120 e. The summed E-state index contributed by atoms with van der Waals surface area (Å²) in [7, 11) is 0. The van der Waals surface area contributed by atoms with Gasteiger partial charge in [-0.05, 0) is 83.7 Å². The van der Waals surface area contributed by atoms with Crippen LogP contribution in [0.3, 0.4) is 0 Å². The fourth-order valence-electron chi connectivity index (χ4n) is 6.07. The van der Waals surface area contributed by atoms with Gasteiger partial charge in [-0.3, -0.25) is 0 Å². The molecular weight excluding hydrogens is 450 g/mol. The Balaban J connectivity index is 1.29. The predicted molar refractivity (Wildman–Crippen MR) is 154 cm³/mol. The second kappa shape index (κ2) is 10.7. The van der Waals surface area contributed by atoms with Crippen LogP contribution in [0.2, 0.25) is 0 Å². The van der Waals surface area contributed by atoms with Crippen LogP contribution in [-0.2, 0) is 13.0 Å². The van der Waals surface area contributed by atoms with Gasteiger partial charge < -0.3 is 9.64 Å². The molecule has 2 heteroatoms. The number of hydrogen-bond acceptors (Lipinski definition) is 2. The summed E-state index contributed by atoms with van der Waals surface area (Å²) in [6, 6.07) is 37.6. The molecule has 1 saturated heterocycles. The summed E-state index contributed by atoms with van der Waals surface area (Å²) in [5.41, 5.74) is 9.59. The monoisotopic (exact) mass is 485 g/mol. The molecule has 37 heavy (non-hydrogen) atoms. The zero-order valence-corrected chi connectivity index (χ0v) is 21.5. The van der Waals surface area contributed by atoms with Gasteiger partial charge in [0, 0.05) is 24.7 Å². The zero-order valence-electron chi connectivity index (χ0n) is 21.5. The molecule has 1 aliphatic carbocycles. The zero-order chi connectivity index (χ0) is 25.0. The molecule has 1 fully saturated rings. The molecule has 1 unspecified atom stereocenters. The van der Waals surface area contributed by atoms with Crippen molar-refractivity contribution in [2.24, 2.45) is 0 Å². The summed E-state index contributed by atoms with van der Waals surface area (Å²) >= 11 is 0. The molecule has 4 aromatic carbocycles. The molecule has 0 N–H and O–H groups in total. The van der Waals surface area contributed by atoms with Gasteiger partial charge in [-0.25, -0.2) is 0 Å². The second-order valence-electron chi connectivity index (χ2n) is 10.5. The van der Waals surface area contributed by atoms with Crippen molar-refractivity contribution in [3.8, 4) is 5.75 Å². The summed E-state index contributed by atoms with van der Waals surface area (Å²) in [4.78, 5) is 2.50. The van der Waals surface area contributed by atoms with Gasteiger partial charge >= 0.3 is 0 Å². The molecule has 186 valence electrons. The largest absolute Gasteiger partial charge is 0.489 e. The number of nitrogens with zero attached hydrogens (tertiary/aromatic N) is 1. The summed E-state index contributed by atoms with van der Waals surface area (Å²) in [5, 5.41) is 0. The van der Waals surface area contributed by atoms with Gasteiger partial charge in [0.2, 0.25) is 0 Å². The molecule has 1 aliphatic heterocycles. The van der Waals surface area contributed by atoms with E-state index in [0.717, 1.165) is 44.5 Å². The lowest BCUT2D eigenvalue weighted by Crippen LogP contribution is -2.30. The quantitative estimate of drug-likeness (QED) is 0.255. The van der Waals surface area contributed by atoms with E-state index in [-0.39, 0.29) is 0 Å². The Hall–Kier alpha value is -3.78. The topological polar surface area (TPSA) is 12.5 Å². The molecule has 1 heterocycles. The van der Waals surface area contributed by atoms with Crippen molar-refractivity contribution in [2.75, 3.05) is 18.0 Å². The van der Waals surface area contributed by atoms with Crippen molar-refractivity contribution >= 4 is 5.69 Å². The van der Waals surface area contributed by atoms with E-state index in [2.05, 4.69) is 109 Å². The Labute approximate surface area is 221 Å². The smallest absolute Gasteiger partial charge is 0.120 e. The molecule has 0 radical (unpaired) electrons. The molecule has 0 bridgehead atoms. The van der Waals surface area contributed by atoms with E-state index in [1.54, 1.807) is 0 Å². The summed E-state index contributed by atoms with van der Waals surface area (Å²) in [6.45, 7) is 6.92. The van der Waals surface area contributed by atoms with Gasteiger partial charge in [0.05, 0.1) is 0 Å². The first-order chi connectivity index (χ1) is 18.2. The Bertz CT molecular complexity index is 1330. The van der Waals surface area contributed by atoms with Crippen LogP contribution < -0.4 is 9.64 Å². The van der Waals surface area contributed by atoms with E-state index in [1.165, 1.54) is 39.1 Å². The van der Waals surface area contributed by atoms with Crippen LogP contribution in [-0.4, -0.2) is 13.1 Å². The van der Waals surface area contributed by atoms with E-state index in [0.29, 0.717) is 18.4 Å². The number of benzene rings is 4. The van der Waals surface area contributed by atoms with E-state index in [4.69, 9.17) is 4.74 Å². The van der Waals surface area contributed by atoms with Crippen LogP contribution >= 0.6 is 0 Å². The lowest BCUT2D eigenvalue weighted by molar-refractivity contribution is 0.305. The average molecular weight is 486 g/mol. The molecule has 0 amide bonds. The van der Waals surface area contributed by atoms with Gasteiger partial charge in [0.1, 0.15) is 12.4 Å². The van der Waals surface area contributed by atoms with Crippen LogP contribution in [0.15, 0.2) is 115 Å². The van der Waals surface area contributed by atoms with Crippen molar-refractivity contribution < 1.29 is 4.74 Å². The third-order valence-electron chi connectivity index (χ3n) is 8.14. The third-order valence-corrected chi connectivity index (χ3v) is 8.14. The van der Waals surface area contributed by atoms with E-state index in [1.807, 2.05) is 6.07 Å². The lowest BCUT2D eigenvalue weighted by atomic mass is 9.69. The molecule has 6 rings (SSSR count). The van der Waals surface area contributed by atoms with Crippen molar-refractivity contribution in [1.82, 2.24) is 0 Å². The highest BCUT2D eigenvalue weighted by molar-refractivity contribution is 5.53. The van der Waals surface area contributed by atoms with Crippen LogP contribution in [0.1, 0.15) is 58.9 Å². The number of hydrogen-bond donors (Lipinski definition) is 0. The molecule has 0 aromatic heterocycles.